The summed E-state index contributed by atoms with van der Waals surface area (Å²) in [6, 6.07) is -0.139. The van der Waals surface area contributed by atoms with Crippen LogP contribution in [0.3, 0.4) is 0 Å². The minimum absolute atomic E-state index is 0.0109. The van der Waals surface area contributed by atoms with Gasteiger partial charge >= 0.3 is 0 Å². The number of carbonyl (C=O) groups excluding carboxylic acids is 2. The molecule has 2 heterocycles. The highest BCUT2D eigenvalue weighted by Gasteiger charge is 2.48. The second-order valence-corrected chi connectivity index (χ2v) is 6.85. The van der Waals surface area contributed by atoms with E-state index < -0.39 is 5.54 Å². The average Bonchev–Trinajstić information content (AvgIpc) is 2.34. The van der Waals surface area contributed by atoms with Crippen molar-refractivity contribution in [2.45, 2.75) is 58.2 Å². The van der Waals surface area contributed by atoms with Crippen LogP contribution in [0.25, 0.3) is 0 Å². The Kier molecular flexibility index (Phi) is 4.09. The molecule has 2 rings (SSSR count). The van der Waals surface area contributed by atoms with Crippen LogP contribution in [0.5, 0.6) is 0 Å². The third kappa shape index (κ3) is 2.55. The first-order valence-corrected chi connectivity index (χ1v) is 7.61. The Labute approximate surface area is 121 Å². The molecule has 0 aromatic heterocycles. The number of hydrogen-bond donors (Lipinski definition) is 1. The topological polar surface area (TPSA) is 52.7 Å². The van der Waals surface area contributed by atoms with Crippen LogP contribution >= 0.6 is 0 Å². The summed E-state index contributed by atoms with van der Waals surface area (Å²) in [5.74, 6) is 0.446. The standard InChI is InChI=1S/C15H27N3O2/c1-6-11-13(19)16-15(3,4)14(20)18(11)12-7-8-17(5)9-10(12)2/h10-12H,6-9H2,1-5H3,(H,16,19). The molecule has 2 amide bonds. The van der Waals surface area contributed by atoms with Crippen molar-refractivity contribution in [1.29, 1.82) is 0 Å². The Hall–Kier alpha value is -1.10. The second kappa shape index (κ2) is 5.35. The van der Waals surface area contributed by atoms with Gasteiger partial charge in [-0.15, -0.1) is 0 Å². The van der Waals surface area contributed by atoms with Gasteiger partial charge < -0.3 is 15.1 Å². The number of hydrogen-bond acceptors (Lipinski definition) is 3. The van der Waals surface area contributed by atoms with Crippen LogP contribution in [-0.2, 0) is 9.59 Å². The van der Waals surface area contributed by atoms with Crippen molar-refractivity contribution < 1.29 is 9.59 Å². The van der Waals surface area contributed by atoms with Crippen LogP contribution in [0.4, 0.5) is 0 Å². The predicted octanol–water partition coefficient (Wildman–Crippen LogP) is 0.842. The van der Waals surface area contributed by atoms with Crippen molar-refractivity contribution in [2.24, 2.45) is 5.92 Å². The maximum absolute atomic E-state index is 12.8. The highest BCUT2D eigenvalue weighted by molar-refractivity contribution is 5.99. The maximum Gasteiger partial charge on any atom is 0.248 e. The summed E-state index contributed by atoms with van der Waals surface area (Å²) in [6.07, 6.45) is 1.62. The molecule has 0 aliphatic carbocycles. The smallest absolute Gasteiger partial charge is 0.248 e. The zero-order valence-corrected chi connectivity index (χ0v) is 13.3. The Bertz CT molecular complexity index is 408. The van der Waals surface area contributed by atoms with E-state index in [-0.39, 0.29) is 23.9 Å². The van der Waals surface area contributed by atoms with E-state index in [1.54, 1.807) is 13.8 Å². The number of nitrogens with one attached hydrogen (secondary N) is 1. The summed E-state index contributed by atoms with van der Waals surface area (Å²) < 4.78 is 0. The van der Waals surface area contributed by atoms with Gasteiger partial charge in [0, 0.05) is 12.6 Å². The number of nitrogens with zero attached hydrogens (tertiary/aromatic N) is 2. The summed E-state index contributed by atoms with van der Waals surface area (Å²) in [5, 5.41) is 2.86. The molecule has 0 saturated carbocycles. The average molecular weight is 281 g/mol. The number of carbonyl (C=O) groups is 2. The molecule has 2 fully saturated rings. The summed E-state index contributed by atoms with van der Waals surface area (Å²) in [7, 11) is 2.11. The fourth-order valence-corrected chi connectivity index (χ4v) is 3.55. The molecule has 0 radical (unpaired) electrons. The van der Waals surface area contributed by atoms with Crippen LogP contribution in [0, 0.1) is 5.92 Å². The second-order valence-electron chi connectivity index (χ2n) is 6.85. The Morgan fingerprint density at radius 1 is 1.35 bits per heavy atom. The molecule has 2 aliphatic heterocycles. The number of rotatable bonds is 2. The van der Waals surface area contributed by atoms with Gasteiger partial charge in [0.25, 0.3) is 0 Å². The quantitative estimate of drug-likeness (QED) is 0.816. The number of amides is 2. The van der Waals surface area contributed by atoms with Gasteiger partial charge in [-0.1, -0.05) is 13.8 Å². The van der Waals surface area contributed by atoms with Gasteiger partial charge in [-0.2, -0.15) is 0 Å². The van der Waals surface area contributed by atoms with Gasteiger partial charge in [0.1, 0.15) is 11.6 Å². The van der Waals surface area contributed by atoms with Crippen molar-refractivity contribution >= 4 is 11.8 Å². The first kappa shape index (κ1) is 15.3. The maximum atomic E-state index is 12.8. The van der Waals surface area contributed by atoms with Crippen LogP contribution in [-0.4, -0.2) is 59.4 Å². The van der Waals surface area contributed by atoms with Crippen molar-refractivity contribution in [3.63, 3.8) is 0 Å². The Balaban J connectivity index is 2.29. The molecule has 3 atom stereocenters. The van der Waals surface area contributed by atoms with E-state index in [0.717, 1.165) is 19.5 Å². The summed E-state index contributed by atoms with van der Waals surface area (Å²) in [5.41, 5.74) is -0.786. The highest BCUT2D eigenvalue weighted by atomic mass is 16.2. The van der Waals surface area contributed by atoms with Crippen LogP contribution in [0.2, 0.25) is 0 Å². The van der Waals surface area contributed by atoms with E-state index in [1.165, 1.54) is 0 Å². The minimum atomic E-state index is -0.786. The molecule has 1 N–H and O–H groups in total. The van der Waals surface area contributed by atoms with Crippen molar-refractivity contribution in [3.05, 3.63) is 0 Å². The monoisotopic (exact) mass is 281 g/mol. The summed E-state index contributed by atoms with van der Waals surface area (Å²) >= 11 is 0. The summed E-state index contributed by atoms with van der Waals surface area (Å²) in [6.45, 7) is 9.71. The normalized spacial score (nSPS) is 35.0. The molecule has 0 aromatic rings. The molecule has 114 valence electrons. The zero-order chi connectivity index (χ0) is 15.1. The fraction of sp³-hybridized carbons (Fsp3) is 0.867. The third-order valence-corrected chi connectivity index (χ3v) is 4.65. The molecular formula is C15H27N3O2. The fourth-order valence-electron chi connectivity index (χ4n) is 3.55. The van der Waals surface area contributed by atoms with Crippen LogP contribution in [0.1, 0.15) is 40.5 Å². The van der Waals surface area contributed by atoms with Crippen molar-refractivity contribution in [2.75, 3.05) is 20.1 Å². The third-order valence-electron chi connectivity index (χ3n) is 4.65. The van der Waals surface area contributed by atoms with Crippen LogP contribution < -0.4 is 5.32 Å². The minimum Gasteiger partial charge on any atom is -0.340 e. The van der Waals surface area contributed by atoms with Crippen LogP contribution in [0.15, 0.2) is 0 Å². The number of piperazine rings is 1. The van der Waals surface area contributed by atoms with E-state index in [2.05, 4.69) is 24.2 Å². The lowest BCUT2D eigenvalue weighted by atomic mass is 9.86. The van der Waals surface area contributed by atoms with Crippen molar-refractivity contribution in [3.8, 4) is 0 Å². The van der Waals surface area contributed by atoms with Gasteiger partial charge in [0.05, 0.1) is 0 Å². The molecule has 0 bridgehead atoms. The molecule has 5 heteroatoms. The first-order chi connectivity index (χ1) is 9.27. The lowest BCUT2D eigenvalue weighted by Crippen LogP contribution is -2.71. The van der Waals surface area contributed by atoms with E-state index in [1.807, 2.05) is 11.8 Å². The molecule has 0 aromatic carbocycles. The zero-order valence-electron chi connectivity index (χ0n) is 13.3. The molecule has 3 unspecified atom stereocenters. The Morgan fingerprint density at radius 3 is 2.55 bits per heavy atom. The molecule has 0 spiro atoms. The lowest BCUT2D eigenvalue weighted by Gasteiger charge is -2.50. The van der Waals surface area contributed by atoms with Gasteiger partial charge in [0.15, 0.2) is 0 Å². The van der Waals surface area contributed by atoms with E-state index in [4.69, 9.17) is 0 Å². The largest absolute Gasteiger partial charge is 0.340 e. The molecule has 20 heavy (non-hydrogen) atoms. The van der Waals surface area contributed by atoms with E-state index >= 15 is 0 Å². The van der Waals surface area contributed by atoms with Gasteiger partial charge in [-0.25, -0.2) is 0 Å². The van der Waals surface area contributed by atoms with Gasteiger partial charge in [-0.3, -0.25) is 9.59 Å². The van der Waals surface area contributed by atoms with E-state index in [0.29, 0.717) is 12.3 Å². The molecule has 5 nitrogen and oxygen atoms in total. The molecule has 2 saturated heterocycles. The molecule has 2 aliphatic rings. The predicted molar refractivity (Wildman–Crippen MR) is 78.2 cm³/mol. The number of piperidine rings is 1. The van der Waals surface area contributed by atoms with E-state index in [9.17, 15) is 9.59 Å². The first-order valence-electron chi connectivity index (χ1n) is 7.61. The summed E-state index contributed by atoms with van der Waals surface area (Å²) in [4.78, 5) is 29.3. The highest BCUT2D eigenvalue weighted by Crippen LogP contribution is 2.29. The molecular weight excluding hydrogens is 254 g/mol. The Morgan fingerprint density at radius 2 is 2.00 bits per heavy atom. The number of likely N-dealkylation sites (tertiary alicyclic amines) is 1. The SMILES string of the molecule is CCC1C(=O)NC(C)(C)C(=O)N1C1CCN(C)CC1C. The van der Waals surface area contributed by atoms with Gasteiger partial charge in [-0.05, 0) is 46.2 Å². The van der Waals surface area contributed by atoms with Crippen molar-refractivity contribution in [1.82, 2.24) is 15.1 Å². The lowest BCUT2D eigenvalue weighted by molar-refractivity contribution is -0.159. The van der Waals surface area contributed by atoms with Gasteiger partial charge in [0.2, 0.25) is 11.8 Å².